The van der Waals surface area contributed by atoms with Crippen LogP contribution in [-0.4, -0.2) is 5.78 Å². The lowest BCUT2D eigenvalue weighted by molar-refractivity contribution is -0.138. The van der Waals surface area contributed by atoms with Crippen LogP contribution >= 0.6 is 0 Å². The number of hydrogen-bond donors (Lipinski definition) is 0. The molecule has 1 rings (SSSR count). The molecule has 90 valence electrons. The van der Waals surface area contributed by atoms with Crippen LogP contribution in [0.25, 0.3) is 0 Å². The van der Waals surface area contributed by atoms with Crippen molar-refractivity contribution in [1.82, 2.24) is 0 Å². The minimum atomic E-state index is -4.63. The number of benzene rings is 1. The SMILES string of the molecule is CCc1c(C#N)ccc(C(C)=O)c1C(F)(F)F. The molecular weight excluding hydrogens is 231 g/mol. The zero-order chi connectivity index (χ0) is 13.2. The summed E-state index contributed by atoms with van der Waals surface area (Å²) in [5.74, 6) is -0.656. The van der Waals surface area contributed by atoms with Gasteiger partial charge in [0, 0.05) is 5.56 Å². The molecular formula is C12H10F3NO. The molecule has 0 aliphatic rings. The third kappa shape index (κ3) is 2.47. The van der Waals surface area contributed by atoms with Gasteiger partial charge in [0.1, 0.15) is 0 Å². The Labute approximate surface area is 96.7 Å². The number of alkyl halides is 3. The maximum atomic E-state index is 12.9. The van der Waals surface area contributed by atoms with E-state index in [1.54, 1.807) is 6.07 Å². The highest BCUT2D eigenvalue weighted by Gasteiger charge is 2.37. The Bertz CT molecular complexity index is 498. The van der Waals surface area contributed by atoms with Crippen LogP contribution in [0.1, 0.15) is 40.9 Å². The molecule has 0 spiro atoms. The first-order chi connectivity index (χ1) is 7.82. The van der Waals surface area contributed by atoms with Crippen molar-refractivity contribution in [2.24, 2.45) is 0 Å². The molecule has 0 aliphatic carbocycles. The Morgan fingerprint density at radius 1 is 1.41 bits per heavy atom. The summed E-state index contributed by atoms with van der Waals surface area (Å²) in [7, 11) is 0. The summed E-state index contributed by atoms with van der Waals surface area (Å²) in [6.07, 6.45) is -4.57. The van der Waals surface area contributed by atoms with Gasteiger partial charge in [0.25, 0.3) is 0 Å². The highest BCUT2D eigenvalue weighted by molar-refractivity contribution is 5.96. The fourth-order valence-electron chi connectivity index (χ4n) is 1.74. The van der Waals surface area contributed by atoms with Gasteiger partial charge in [0.15, 0.2) is 5.78 Å². The highest BCUT2D eigenvalue weighted by Crippen LogP contribution is 2.36. The van der Waals surface area contributed by atoms with E-state index in [0.29, 0.717) is 0 Å². The minimum Gasteiger partial charge on any atom is -0.294 e. The number of rotatable bonds is 2. The lowest BCUT2D eigenvalue weighted by Crippen LogP contribution is -2.16. The Morgan fingerprint density at radius 2 is 2.00 bits per heavy atom. The van der Waals surface area contributed by atoms with Crippen molar-refractivity contribution in [3.05, 3.63) is 34.4 Å². The van der Waals surface area contributed by atoms with Gasteiger partial charge >= 0.3 is 6.18 Å². The zero-order valence-electron chi connectivity index (χ0n) is 9.35. The van der Waals surface area contributed by atoms with Crippen LogP contribution < -0.4 is 0 Å². The lowest BCUT2D eigenvalue weighted by Gasteiger charge is -2.16. The molecule has 0 N–H and O–H groups in total. The second-order valence-electron chi connectivity index (χ2n) is 3.53. The van der Waals surface area contributed by atoms with Crippen molar-refractivity contribution < 1.29 is 18.0 Å². The fourth-order valence-corrected chi connectivity index (χ4v) is 1.74. The molecule has 5 heteroatoms. The molecule has 0 bridgehead atoms. The first-order valence-corrected chi connectivity index (χ1v) is 4.97. The number of Topliss-reactive ketones (excluding diaryl/α,β-unsaturated/α-hetero) is 1. The summed E-state index contributed by atoms with van der Waals surface area (Å²) in [6.45, 7) is 2.60. The van der Waals surface area contributed by atoms with Gasteiger partial charge in [0.05, 0.1) is 17.2 Å². The molecule has 0 fully saturated rings. The Balaban J connectivity index is 3.70. The number of carbonyl (C=O) groups is 1. The average molecular weight is 241 g/mol. The van der Waals surface area contributed by atoms with Crippen molar-refractivity contribution in [2.75, 3.05) is 0 Å². The molecule has 17 heavy (non-hydrogen) atoms. The number of nitriles is 1. The molecule has 2 nitrogen and oxygen atoms in total. The molecule has 0 saturated heterocycles. The van der Waals surface area contributed by atoms with Crippen LogP contribution in [0.3, 0.4) is 0 Å². The van der Waals surface area contributed by atoms with Gasteiger partial charge in [-0.15, -0.1) is 0 Å². The molecule has 0 radical (unpaired) electrons. The van der Waals surface area contributed by atoms with E-state index >= 15 is 0 Å². The molecule has 0 heterocycles. The van der Waals surface area contributed by atoms with Crippen LogP contribution in [0.2, 0.25) is 0 Å². The van der Waals surface area contributed by atoms with Gasteiger partial charge in [-0.3, -0.25) is 4.79 Å². The van der Waals surface area contributed by atoms with Crippen LogP contribution in [-0.2, 0) is 12.6 Å². The summed E-state index contributed by atoms with van der Waals surface area (Å²) in [5, 5.41) is 8.77. The summed E-state index contributed by atoms with van der Waals surface area (Å²) in [4.78, 5) is 11.2. The zero-order valence-corrected chi connectivity index (χ0v) is 9.35. The Hall–Kier alpha value is -1.83. The third-order valence-corrected chi connectivity index (χ3v) is 2.45. The standard InChI is InChI=1S/C12H10F3NO/c1-3-9-8(6-16)4-5-10(7(2)17)11(9)12(13,14)15/h4-5H,3H2,1-2H3. The van der Waals surface area contributed by atoms with E-state index in [1.807, 2.05) is 0 Å². The average Bonchev–Trinajstić information content (AvgIpc) is 2.25. The molecule has 1 aromatic rings. The molecule has 0 amide bonds. The molecule has 0 atom stereocenters. The van der Waals surface area contributed by atoms with Crippen LogP contribution in [0.15, 0.2) is 12.1 Å². The van der Waals surface area contributed by atoms with Gasteiger partial charge < -0.3 is 0 Å². The maximum Gasteiger partial charge on any atom is 0.417 e. The van der Waals surface area contributed by atoms with Crippen molar-refractivity contribution in [3.8, 4) is 6.07 Å². The summed E-state index contributed by atoms with van der Waals surface area (Å²) >= 11 is 0. The van der Waals surface area contributed by atoms with Gasteiger partial charge in [-0.05, 0) is 31.0 Å². The monoisotopic (exact) mass is 241 g/mol. The quantitative estimate of drug-likeness (QED) is 0.745. The van der Waals surface area contributed by atoms with E-state index < -0.39 is 17.5 Å². The molecule has 0 unspecified atom stereocenters. The number of ketones is 1. The second-order valence-corrected chi connectivity index (χ2v) is 3.53. The second kappa shape index (κ2) is 4.58. The van der Waals surface area contributed by atoms with Gasteiger partial charge in [0.2, 0.25) is 0 Å². The predicted molar refractivity (Wildman–Crippen MR) is 55.5 cm³/mol. The van der Waals surface area contributed by atoms with Crippen LogP contribution in [0.4, 0.5) is 13.2 Å². The van der Waals surface area contributed by atoms with E-state index in [-0.39, 0.29) is 23.1 Å². The Morgan fingerprint density at radius 3 is 2.35 bits per heavy atom. The van der Waals surface area contributed by atoms with Crippen molar-refractivity contribution in [3.63, 3.8) is 0 Å². The van der Waals surface area contributed by atoms with E-state index in [4.69, 9.17) is 5.26 Å². The van der Waals surface area contributed by atoms with Gasteiger partial charge in [-0.1, -0.05) is 6.92 Å². The first-order valence-electron chi connectivity index (χ1n) is 4.97. The number of carbonyl (C=O) groups excluding carboxylic acids is 1. The van der Waals surface area contributed by atoms with E-state index in [1.165, 1.54) is 13.0 Å². The van der Waals surface area contributed by atoms with Crippen molar-refractivity contribution >= 4 is 5.78 Å². The Kier molecular flexibility index (Phi) is 3.56. The first kappa shape index (κ1) is 13.2. The van der Waals surface area contributed by atoms with Crippen LogP contribution in [0.5, 0.6) is 0 Å². The highest BCUT2D eigenvalue weighted by atomic mass is 19.4. The lowest BCUT2D eigenvalue weighted by atomic mass is 9.92. The number of nitrogens with zero attached hydrogens (tertiary/aromatic N) is 1. The van der Waals surface area contributed by atoms with Crippen molar-refractivity contribution in [2.45, 2.75) is 26.4 Å². The third-order valence-electron chi connectivity index (χ3n) is 2.45. The van der Waals surface area contributed by atoms with E-state index in [9.17, 15) is 18.0 Å². The van der Waals surface area contributed by atoms with Crippen molar-refractivity contribution in [1.29, 1.82) is 5.26 Å². The van der Waals surface area contributed by atoms with Gasteiger partial charge in [-0.2, -0.15) is 18.4 Å². The molecule has 1 aromatic carbocycles. The van der Waals surface area contributed by atoms with Gasteiger partial charge in [-0.25, -0.2) is 0 Å². The normalized spacial score (nSPS) is 11.1. The van der Waals surface area contributed by atoms with E-state index in [2.05, 4.69) is 0 Å². The summed E-state index contributed by atoms with van der Waals surface area (Å²) in [6, 6.07) is 4.03. The number of halogens is 3. The number of hydrogen-bond acceptors (Lipinski definition) is 2. The maximum absolute atomic E-state index is 12.9. The molecule has 0 saturated carbocycles. The largest absolute Gasteiger partial charge is 0.417 e. The van der Waals surface area contributed by atoms with E-state index in [0.717, 1.165) is 13.0 Å². The summed E-state index contributed by atoms with van der Waals surface area (Å²) < 4.78 is 38.7. The summed E-state index contributed by atoms with van der Waals surface area (Å²) in [5.41, 5.74) is -1.52. The molecule has 0 aliphatic heterocycles. The predicted octanol–water partition coefficient (Wildman–Crippen LogP) is 3.34. The minimum absolute atomic E-state index is 0.0372. The van der Waals surface area contributed by atoms with Crippen LogP contribution in [0, 0.1) is 11.3 Å². The fraction of sp³-hybridized carbons (Fsp3) is 0.333. The molecule has 0 aromatic heterocycles. The topological polar surface area (TPSA) is 40.9 Å². The smallest absolute Gasteiger partial charge is 0.294 e.